The number of hydrogen-bond acceptors (Lipinski definition) is 1. The lowest BCUT2D eigenvalue weighted by atomic mass is 9.99. The lowest BCUT2D eigenvalue weighted by Crippen LogP contribution is -2.50. The van der Waals surface area contributed by atoms with Gasteiger partial charge in [-0.25, -0.2) is 0 Å². The zero-order valence-electron chi connectivity index (χ0n) is 17.3. The molecule has 0 aromatic carbocycles. The molecule has 132 valence electrons. The Morgan fingerprint density at radius 2 is 0.875 bits per heavy atom. The zero-order chi connectivity index (χ0) is 18.6. The van der Waals surface area contributed by atoms with Gasteiger partial charge in [-0.2, -0.15) is 0 Å². The maximum Gasteiger partial charge on any atom is 0.370 e. The Labute approximate surface area is 152 Å². The molecule has 1 saturated heterocycles. The van der Waals surface area contributed by atoms with Crippen LogP contribution in [0.5, 0.6) is 0 Å². The van der Waals surface area contributed by atoms with Gasteiger partial charge in [-0.05, 0) is 88.2 Å². The Kier molecular flexibility index (Phi) is 6.44. The van der Waals surface area contributed by atoms with Gasteiger partial charge in [0.15, 0.2) is 0 Å². The molecule has 1 aliphatic rings. The lowest BCUT2D eigenvalue weighted by molar-refractivity contribution is 0.536. The molecule has 0 aromatic rings. The maximum atomic E-state index is 3.63. The number of nitrogens with zero attached hydrogens (tertiary/aromatic N) is 1. The summed E-state index contributed by atoms with van der Waals surface area (Å²) in [6.45, 7) is 21.6. The highest BCUT2D eigenvalue weighted by Gasteiger charge is 2.39. The van der Waals surface area contributed by atoms with Crippen LogP contribution in [0.4, 0.5) is 0 Å². The largest absolute Gasteiger partial charge is 0.370 e. The molecule has 0 unspecified atom stereocenters. The molecule has 0 saturated carbocycles. The van der Waals surface area contributed by atoms with Crippen LogP contribution in [0, 0.1) is 50.6 Å². The molecule has 0 radical (unpaired) electrons. The summed E-state index contributed by atoms with van der Waals surface area (Å²) < 4.78 is 2.52. The van der Waals surface area contributed by atoms with E-state index in [4.69, 9.17) is 0 Å². The van der Waals surface area contributed by atoms with E-state index in [1.54, 1.807) is 0 Å². The van der Waals surface area contributed by atoms with Crippen molar-refractivity contribution in [3.63, 3.8) is 0 Å². The first-order chi connectivity index (χ1) is 10.7. The highest BCUT2D eigenvalue weighted by atomic mass is 28.3. The standard InChI is InChI=1S/C22H35NSi/c1-20(2,3)12-17-24(18-13-21(4,5)6,19-14-22(7,8)9)23-15-10-11-16-23/h10-11,15-16H2,1-9H3. The molecule has 0 spiro atoms. The van der Waals surface area contributed by atoms with Gasteiger partial charge >= 0.3 is 8.24 Å². The Morgan fingerprint density at radius 3 is 1.12 bits per heavy atom. The molecule has 1 rings (SSSR count). The third-order valence-corrected chi connectivity index (χ3v) is 6.29. The monoisotopic (exact) mass is 341 g/mol. The molecule has 0 amide bonds. The van der Waals surface area contributed by atoms with Crippen LogP contribution < -0.4 is 0 Å². The second-order valence-corrected chi connectivity index (χ2v) is 12.7. The molecule has 1 heterocycles. The molecule has 2 heteroatoms. The van der Waals surface area contributed by atoms with Crippen molar-refractivity contribution in [1.29, 1.82) is 0 Å². The summed E-state index contributed by atoms with van der Waals surface area (Å²) in [6.07, 6.45) is 2.47. The van der Waals surface area contributed by atoms with Crippen LogP contribution in [0.3, 0.4) is 0 Å². The first kappa shape index (κ1) is 20.9. The fourth-order valence-corrected chi connectivity index (χ4v) is 5.53. The van der Waals surface area contributed by atoms with Crippen LogP contribution >= 0.6 is 0 Å². The smallest absolute Gasteiger partial charge is 0.295 e. The van der Waals surface area contributed by atoms with Gasteiger partial charge in [0.2, 0.25) is 0 Å². The average molecular weight is 342 g/mol. The van der Waals surface area contributed by atoms with Crippen LogP contribution in [-0.2, 0) is 0 Å². The summed E-state index contributed by atoms with van der Waals surface area (Å²) in [5.74, 6) is 10.4. The first-order valence-electron chi connectivity index (χ1n) is 9.11. The van der Waals surface area contributed by atoms with Gasteiger partial charge in [0.25, 0.3) is 0 Å². The van der Waals surface area contributed by atoms with Gasteiger partial charge in [0, 0.05) is 16.2 Å². The topological polar surface area (TPSA) is 3.24 Å². The average Bonchev–Trinajstić information content (AvgIpc) is 2.89. The summed E-state index contributed by atoms with van der Waals surface area (Å²) in [5, 5.41) is 0. The van der Waals surface area contributed by atoms with Gasteiger partial charge in [-0.1, -0.05) is 16.6 Å². The van der Waals surface area contributed by atoms with Crippen molar-refractivity contribution >= 4 is 8.24 Å². The Balaban J connectivity index is 3.53. The van der Waals surface area contributed by atoms with Crippen molar-refractivity contribution in [3.05, 3.63) is 0 Å². The second kappa shape index (κ2) is 7.40. The van der Waals surface area contributed by atoms with E-state index in [9.17, 15) is 0 Å². The molecule has 1 nitrogen and oxygen atoms in total. The fraction of sp³-hybridized carbons (Fsp3) is 0.727. The van der Waals surface area contributed by atoms with Gasteiger partial charge in [0.05, 0.1) is 0 Å². The van der Waals surface area contributed by atoms with Gasteiger partial charge in [-0.3, -0.25) is 4.57 Å². The van der Waals surface area contributed by atoms with E-state index in [1.807, 2.05) is 0 Å². The van der Waals surface area contributed by atoms with Crippen molar-refractivity contribution in [2.24, 2.45) is 16.2 Å². The number of hydrogen-bond donors (Lipinski definition) is 0. The highest BCUT2D eigenvalue weighted by Crippen LogP contribution is 2.21. The SMILES string of the molecule is CC(C)(C)C#C[Si](C#CC(C)(C)C)(C#CC(C)(C)C)N1CCCC1. The quantitative estimate of drug-likeness (QED) is 0.489. The minimum Gasteiger partial charge on any atom is -0.295 e. The Hall–Kier alpha value is -1.14. The second-order valence-electron chi connectivity index (χ2n) is 9.90. The Bertz CT molecular complexity index is 533. The van der Waals surface area contributed by atoms with Crippen LogP contribution in [-0.4, -0.2) is 25.9 Å². The fourth-order valence-electron chi connectivity index (χ4n) is 2.22. The van der Waals surface area contributed by atoms with E-state index in [0.717, 1.165) is 13.1 Å². The Morgan fingerprint density at radius 1 is 0.583 bits per heavy atom. The van der Waals surface area contributed by atoms with Crippen molar-refractivity contribution in [1.82, 2.24) is 4.57 Å². The molecular weight excluding hydrogens is 306 g/mol. The molecule has 24 heavy (non-hydrogen) atoms. The third kappa shape index (κ3) is 7.62. The van der Waals surface area contributed by atoms with Crippen molar-refractivity contribution in [2.75, 3.05) is 13.1 Å². The van der Waals surface area contributed by atoms with Crippen LogP contribution in [0.15, 0.2) is 0 Å². The van der Waals surface area contributed by atoms with Gasteiger partial charge in [-0.15, -0.1) is 17.8 Å². The van der Waals surface area contributed by atoms with E-state index in [0.29, 0.717) is 0 Å². The van der Waals surface area contributed by atoms with E-state index in [1.165, 1.54) is 12.8 Å². The van der Waals surface area contributed by atoms with Crippen LogP contribution in [0.25, 0.3) is 0 Å². The molecule has 1 fully saturated rings. The summed E-state index contributed by atoms with van der Waals surface area (Å²) in [4.78, 5) is 0. The normalized spacial score (nSPS) is 16.4. The van der Waals surface area contributed by atoms with Crippen molar-refractivity contribution < 1.29 is 0 Å². The highest BCUT2D eigenvalue weighted by molar-refractivity contribution is 6.98. The van der Waals surface area contributed by atoms with Gasteiger partial charge < -0.3 is 0 Å². The van der Waals surface area contributed by atoms with E-state index < -0.39 is 8.24 Å². The summed E-state index contributed by atoms with van der Waals surface area (Å²) >= 11 is 0. The number of rotatable bonds is 1. The van der Waals surface area contributed by atoms with Crippen LogP contribution in [0.1, 0.15) is 75.2 Å². The predicted molar refractivity (Wildman–Crippen MR) is 108 cm³/mol. The summed E-state index contributed by atoms with van der Waals surface area (Å²) in [6, 6.07) is 0. The molecule has 0 atom stereocenters. The molecule has 0 aliphatic carbocycles. The summed E-state index contributed by atoms with van der Waals surface area (Å²) in [7, 11) is -2.44. The minimum atomic E-state index is -2.44. The molecule has 0 bridgehead atoms. The summed E-state index contributed by atoms with van der Waals surface area (Å²) in [5.41, 5.74) is 10.8. The first-order valence-corrected chi connectivity index (χ1v) is 11.1. The molecule has 0 aromatic heterocycles. The van der Waals surface area contributed by atoms with Crippen molar-refractivity contribution in [3.8, 4) is 34.4 Å². The van der Waals surface area contributed by atoms with E-state index in [2.05, 4.69) is 101 Å². The molecular formula is C22H35NSi. The minimum absolute atomic E-state index is 0.0230. The van der Waals surface area contributed by atoms with Crippen molar-refractivity contribution in [2.45, 2.75) is 75.2 Å². The van der Waals surface area contributed by atoms with E-state index >= 15 is 0 Å². The van der Waals surface area contributed by atoms with Gasteiger partial charge in [0.1, 0.15) is 0 Å². The lowest BCUT2D eigenvalue weighted by Gasteiger charge is -2.27. The molecule has 1 aliphatic heterocycles. The zero-order valence-corrected chi connectivity index (χ0v) is 18.3. The van der Waals surface area contributed by atoms with E-state index in [-0.39, 0.29) is 16.2 Å². The molecule has 0 N–H and O–H groups in total. The maximum absolute atomic E-state index is 3.63. The predicted octanol–water partition coefficient (Wildman–Crippen LogP) is 4.79. The third-order valence-electron chi connectivity index (χ3n) is 3.44. The van der Waals surface area contributed by atoms with Crippen LogP contribution in [0.2, 0.25) is 0 Å².